The van der Waals surface area contributed by atoms with Gasteiger partial charge in [0.15, 0.2) is 0 Å². The molecule has 0 aliphatic rings. The Morgan fingerprint density at radius 2 is 2.14 bits per heavy atom. The third-order valence-corrected chi connectivity index (χ3v) is 3.25. The lowest BCUT2D eigenvalue weighted by molar-refractivity contribution is 0.629. The van der Waals surface area contributed by atoms with Crippen molar-refractivity contribution in [2.24, 2.45) is 0 Å². The lowest BCUT2D eigenvalue weighted by Crippen LogP contribution is -2.01. The summed E-state index contributed by atoms with van der Waals surface area (Å²) in [4.78, 5) is 4.40. The van der Waals surface area contributed by atoms with Crippen molar-refractivity contribution < 1.29 is 4.39 Å². The zero-order valence-electron chi connectivity index (χ0n) is 10.8. The standard InChI is InChI=1S/C15H10ClFN4/c16-11-2-4-15-20-12(9-21(15)8-11)7-19-14-3-1-10(6-18)5-13(14)17/h1-5,8-9,19H,7H2. The van der Waals surface area contributed by atoms with Crippen LogP contribution in [0.5, 0.6) is 0 Å². The van der Waals surface area contributed by atoms with Crippen molar-refractivity contribution in [3.8, 4) is 6.07 Å². The summed E-state index contributed by atoms with van der Waals surface area (Å²) < 4.78 is 15.6. The molecule has 0 saturated heterocycles. The van der Waals surface area contributed by atoms with Crippen LogP contribution in [0.15, 0.2) is 42.7 Å². The van der Waals surface area contributed by atoms with E-state index in [1.54, 1.807) is 24.4 Å². The van der Waals surface area contributed by atoms with Crippen LogP contribution in [0.3, 0.4) is 0 Å². The monoisotopic (exact) mass is 300 g/mol. The molecule has 0 radical (unpaired) electrons. The molecule has 1 N–H and O–H groups in total. The number of halogens is 2. The number of aromatic nitrogens is 2. The van der Waals surface area contributed by atoms with Gasteiger partial charge in [-0.2, -0.15) is 5.26 Å². The Hall–Kier alpha value is -2.58. The number of rotatable bonds is 3. The van der Waals surface area contributed by atoms with Crippen LogP contribution in [0.1, 0.15) is 11.3 Å². The van der Waals surface area contributed by atoms with Gasteiger partial charge in [0.1, 0.15) is 11.5 Å². The first-order valence-corrected chi connectivity index (χ1v) is 6.60. The Labute approximate surface area is 125 Å². The smallest absolute Gasteiger partial charge is 0.147 e. The number of fused-ring (bicyclic) bond motifs is 1. The fourth-order valence-corrected chi connectivity index (χ4v) is 2.18. The molecule has 2 aromatic heterocycles. The van der Waals surface area contributed by atoms with Crippen LogP contribution in [-0.4, -0.2) is 9.38 Å². The highest BCUT2D eigenvalue weighted by molar-refractivity contribution is 6.30. The average molecular weight is 301 g/mol. The summed E-state index contributed by atoms with van der Waals surface area (Å²) in [5.41, 5.74) is 2.17. The Bertz CT molecular complexity index is 850. The number of benzene rings is 1. The van der Waals surface area contributed by atoms with E-state index in [9.17, 15) is 4.39 Å². The van der Waals surface area contributed by atoms with Crippen LogP contribution in [0.4, 0.5) is 10.1 Å². The molecule has 0 fully saturated rings. The molecule has 104 valence electrons. The maximum atomic E-state index is 13.7. The maximum absolute atomic E-state index is 13.7. The second kappa shape index (κ2) is 5.43. The van der Waals surface area contributed by atoms with Crippen LogP contribution < -0.4 is 5.32 Å². The number of nitriles is 1. The summed E-state index contributed by atoms with van der Waals surface area (Å²) in [7, 11) is 0. The van der Waals surface area contributed by atoms with Crippen molar-refractivity contribution in [3.63, 3.8) is 0 Å². The van der Waals surface area contributed by atoms with Gasteiger partial charge in [-0.15, -0.1) is 0 Å². The van der Waals surface area contributed by atoms with Crippen molar-refractivity contribution in [1.29, 1.82) is 5.26 Å². The van der Waals surface area contributed by atoms with Crippen LogP contribution in [0, 0.1) is 17.1 Å². The molecule has 0 amide bonds. The minimum atomic E-state index is -0.458. The summed E-state index contributed by atoms with van der Waals surface area (Å²) in [6.45, 7) is 0.377. The topological polar surface area (TPSA) is 53.1 Å². The molecule has 0 unspecified atom stereocenters. The van der Waals surface area contributed by atoms with E-state index in [0.29, 0.717) is 22.8 Å². The molecule has 0 atom stereocenters. The molecule has 0 spiro atoms. The molecule has 2 heterocycles. The SMILES string of the molecule is N#Cc1ccc(NCc2cn3cc(Cl)ccc3n2)c(F)c1. The molecule has 6 heteroatoms. The van der Waals surface area contributed by atoms with Gasteiger partial charge in [-0.1, -0.05) is 11.6 Å². The highest BCUT2D eigenvalue weighted by atomic mass is 35.5. The van der Waals surface area contributed by atoms with Crippen molar-refractivity contribution in [2.75, 3.05) is 5.32 Å². The number of imidazole rings is 1. The number of hydrogen-bond donors (Lipinski definition) is 1. The van der Waals surface area contributed by atoms with Gasteiger partial charge in [0.25, 0.3) is 0 Å². The molecular weight excluding hydrogens is 291 g/mol. The van der Waals surface area contributed by atoms with Crippen LogP contribution in [0.25, 0.3) is 5.65 Å². The van der Waals surface area contributed by atoms with E-state index in [1.165, 1.54) is 6.07 Å². The lowest BCUT2D eigenvalue weighted by atomic mass is 10.2. The number of nitrogens with zero attached hydrogens (tertiary/aromatic N) is 3. The van der Waals surface area contributed by atoms with E-state index < -0.39 is 5.82 Å². The third kappa shape index (κ3) is 2.81. The average Bonchev–Trinajstić information content (AvgIpc) is 2.87. The first-order valence-electron chi connectivity index (χ1n) is 6.22. The molecule has 21 heavy (non-hydrogen) atoms. The molecule has 3 rings (SSSR count). The number of hydrogen-bond acceptors (Lipinski definition) is 3. The zero-order valence-corrected chi connectivity index (χ0v) is 11.6. The molecule has 0 aliphatic heterocycles. The van der Waals surface area contributed by atoms with Gasteiger partial charge >= 0.3 is 0 Å². The van der Waals surface area contributed by atoms with Crippen LogP contribution in [0.2, 0.25) is 5.02 Å². The Balaban J connectivity index is 1.78. The normalized spacial score (nSPS) is 10.5. The number of pyridine rings is 1. The predicted octanol–water partition coefficient (Wildman–Crippen LogP) is 3.61. The van der Waals surface area contributed by atoms with E-state index in [0.717, 1.165) is 11.3 Å². The summed E-state index contributed by atoms with van der Waals surface area (Å²) in [6, 6.07) is 9.78. The van der Waals surface area contributed by atoms with Gasteiger partial charge < -0.3 is 9.72 Å². The number of nitrogens with one attached hydrogen (secondary N) is 1. The van der Waals surface area contributed by atoms with E-state index >= 15 is 0 Å². The molecule has 4 nitrogen and oxygen atoms in total. The van der Waals surface area contributed by atoms with E-state index in [1.807, 2.05) is 22.7 Å². The first kappa shape index (κ1) is 13.4. The quantitative estimate of drug-likeness (QED) is 0.804. The maximum Gasteiger partial charge on any atom is 0.147 e. The van der Waals surface area contributed by atoms with Crippen molar-refractivity contribution in [1.82, 2.24) is 9.38 Å². The van der Waals surface area contributed by atoms with Gasteiger partial charge in [-0.25, -0.2) is 9.37 Å². The van der Waals surface area contributed by atoms with E-state index in [2.05, 4.69) is 10.3 Å². The van der Waals surface area contributed by atoms with Gasteiger partial charge in [-0.05, 0) is 30.3 Å². The fraction of sp³-hybridized carbons (Fsp3) is 0.0667. The highest BCUT2D eigenvalue weighted by Gasteiger charge is 2.05. The van der Waals surface area contributed by atoms with Gasteiger partial charge in [0.2, 0.25) is 0 Å². The molecule has 0 saturated carbocycles. The van der Waals surface area contributed by atoms with Gasteiger partial charge in [0.05, 0.1) is 34.6 Å². The second-order valence-corrected chi connectivity index (χ2v) is 4.94. The highest BCUT2D eigenvalue weighted by Crippen LogP contribution is 2.17. The molecule has 0 aliphatic carbocycles. The van der Waals surface area contributed by atoms with Crippen LogP contribution >= 0.6 is 11.6 Å². The molecule has 1 aromatic carbocycles. The Kier molecular flexibility index (Phi) is 3.46. The second-order valence-electron chi connectivity index (χ2n) is 4.51. The molecule has 0 bridgehead atoms. The minimum absolute atomic E-state index is 0.292. The molecule has 3 aromatic rings. The Morgan fingerprint density at radius 1 is 1.29 bits per heavy atom. The lowest BCUT2D eigenvalue weighted by Gasteiger charge is -2.05. The predicted molar refractivity (Wildman–Crippen MR) is 78.6 cm³/mol. The first-order chi connectivity index (χ1) is 10.2. The van der Waals surface area contributed by atoms with Gasteiger partial charge in [-0.3, -0.25) is 0 Å². The van der Waals surface area contributed by atoms with E-state index in [-0.39, 0.29) is 0 Å². The Morgan fingerprint density at radius 3 is 2.90 bits per heavy atom. The van der Waals surface area contributed by atoms with Crippen molar-refractivity contribution in [3.05, 3.63) is 64.8 Å². The third-order valence-electron chi connectivity index (χ3n) is 3.02. The number of anilines is 1. The summed E-state index contributed by atoms with van der Waals surface area (Å²) in [6.07, 6.45) is 3.59. The summed E-state index contributed by atoms with van der Waals surface area (Å²) in [5, 5.41) is 12.3. The van der Waals surface area contributed by atoms with E-state index in [4.69, 9.17) is 16.9 Å². The largest absolute Gasteiger partial charge is 0.377 e. The zero-order chi connectivity index (χ0) is 14.8. The summed E-state index contributed by atoms with van der Waals surface area (Å²) >= 11 is 5.91. The van der Waals surface area contributed by atoms with Crippen molar-refractivity contribution >= 4 is 22.9 Å². The minimum Gasteiger partial charge on any atom is -0.377 e. The van der Waals surface area contributed by atoms with Crippen molar-refractivity contribution in [2.45, 2.75) is 6.54 Å². The molecular formula is C15H10ClFN4. The van der Waals surface area contributed by atoms with Crippen LogP contribution in [-0.2, 0) is 6.54 Å². The summed E-state index contributed by atoms with van der Waals surface area (Å²) in [5.74, 6) is -0.458. The fourth-order valence-electron chi connectivity index (χ4n) is 2.02. The van der Waals surface area contributed by atoms with Gasteiger partial charge in [0, 0.05) is 12.4 Å².